The summed E-state index contributed by atoms with van der Waals surface area (Å²) in [6.45, 7) is 0. The first-order valence-corrected chi connectivity index (χ1v) is 5.72. The lowest BCUT2D eigenvalue weighted by Gasteiger charge is -2.18. The molecule has 2 aromatic carbocycles. The van der Waals surface area contributed by atoms with Crippen molar-refractivity contribution < 1.29 is 10.2 Å². The van der Waals surface area contributed by atoms with E-state index in [1.54, 1.807) is 0 Å². The second-order valence-electron chi connectivity index (χ2n) is 4.11. The first-order chi connectivity index (χ1) is 8.27. The number of aliphatic hydroxyl groups is 2. The first kappa shape index (κ1) is 11.8. The van der Waals surface area contributed by atoms with Crippen LogP contribution in [0.4, 0.5) is 0 Å². The van der Waals surface area contributed by atoms with Gasteiger partial charge in [-0.25, -0.2) is 0 Å². The fourth-order valence-corrected chi connectivity index (χ4v) is 1.84. The molecule has 0 bridgehead atoms. The molecule has 0 aromatic heterocycles. The van der Waals surface area contributed by atoms with E-state index in [0.717, 1.165) is 11.1 Å². The van der Waals surface area contributed by atoms with Gasteiger partial charge in [0.15, 0.2) is 0 Å². The van der Waals surface area contributed by atoms with Crippen molar-refractivity contribution in [2.24, 2.45) is 0 Å². The molecule has 0 fully saturated rings. The van der Waals surface area contributed by atoms with E-state index in [2.05, 4.69) is 0 Å². The molecule has 0 heterocycles. The van der Waals surface area contributed by atoms with Gasteiger partial charge in [0.1, 0.15) is 6.10 Å². The summed E-state index contributed by atoms with van der Waals surface area (Å²) in [5.74, 6) is 0. The predicted octanol–water partition coefficient (Wildman–Crippen LogP) is 2.32. The third kappa shape index (κ3) is 3.16. The van der Waals surface area contributed by atoms with Gasteiger partial charge < -0.3 is 10.2 Å². The summed E-state index contributed by atoms with van der Waals surface area (Å²) in [7, 11) is 0. The van der Waals surface area contributed by atoms with Crippen molar-refractivity contribution in [2.75, 3.05) is 0 Å². The average molecular weight is 228 g/mol. The minimum Gasteiger partial charge on any atom is -0.390 e. The van der Waals surface area contributed by atoms with Gasteiger partial charge in [-0.2, -0.15) is 0 Å². The molecular formula is C15H16O2. The Balaban J connectivity index is 2.03. The zero-order valence-electron chi connectivity index (χ0n) is 9.53. The molecule has 2 rings (SSSR count). The van der Waals surface area contributed by atoms with Crippen molar-refractivity contribution in [3.05, 3.63) is 71.8 Å². The highest BCUT2D eigenvalue weighted by Crippen LogP contribution is 2.19. The lowest BCUT2D eigenvalue weighted by molar-refractivity contribution is 0.0190. The van der Waals surface area contributed by atoms with Gasteiger partial charge in [0.25, 0.3) is 0 Å². The molecule has 88 valence electrons. The Morgan fingerprint density at radius 1 is 0.765 bits per heavy atom. The van der Waals surface area contributed by atoms with Crippen molar-refractivity contribution in [1.82, 2.24) is 0 Å². The van der Waals surface area contributed by atoms with Crippen LogP contribution in [0.5, 0.6) is 0 Å². The zero-order valence-corrected chi connectivity index (χ0v) is 9.53. The third-order valence-electron chi connectivity index (χ3n) is 2.79. The quantitative estimate of drug-likeness (QED) is 0.843. The Labute approximate surface area is 101 Å². The van der Waals surface area contributed by atoms with Crippen molar-refractivity contribution in [3.63, 3.8) is 0 Å². The second-order valence-corrected chi connectivity index (χ2v) is 4.11. The molecule has 17 heavy (non-hydrogen) atoms. The zero-order chi connectivity index (χ0) is 12.1. The molecule has 0 spiro atoms. The van der Waals surface area contributed by atoms with E-state index in [4.69, 9.17) is 0 Å². The Kier molecular flexibility index (Phi) is 3.91. The van der Waals surface area contributed by atoms with Crippen LogP contribution in [0.3, 0.4) is 0 Å². The Morgan fingerprint density at radius 3 is 1.88 bits per heavy atom. The molecule has 0 aliphatic heterocycles. The third-order valence-corrected chi connectivity index (χ3v) is 2.79. The highest BCUT2D eigenvalue weighted by Gasteiger charge is 2.18. The summed E-state index contributed by atoms with van der Waals surface area (Å²) < 4.78 is 0. The van der Waals surface area contributed by atoms with E-state index in [0.29, 0.717) is 6.42 Å². The molecule has 0 aliphatic rings. The highest BCUT2D eigenvalue weighted by atomic mass is 16.3. The SMILES string of the molecule is OC(c1ccccc1)[C@H](O)Cc1ccccc1. The Bertz CT molecular complexity index is 439. The average Bonchev–Trinajstić information content (AvgIpc) is 2.40. The molecule has 2 N–H and O–H groups in total. The normalized spacial score (nSPS) is 14.2. The van der Waals surface area contributed by atoms with Crippen LogP contribution >= 0.6 is 0 Å². The maximum Gasteiger partial charge on any atom is 0.105 e. The highest BCUT2D eigenvalue weighted by molar-refractivity contribution is 5.20. The predicted molar refractivity (Wildman–Crippen MR) is 67.6 cm³/mol. The summed E-state index contributed by atoms with van der Waals surface area (Å²) in [5, 5.41) is 20.0. The molecule has 2 atom stereocenters. The molecule has 2 nitrogen and oxygen atoms in total. The van der Waals surface area contributed by atoms with Crippen LogP contribution in [-0.4, -0.2) is 16.3 Å². The molecule has 0 saturated carbocycles. The van der Waals surface area contributed by atoms with Crippen LogP contribution in [0.15, 0.2) is 60.7 Å². The van der Waals surface area contributed by atoms with Gasteiger partial charge in [-0.1, -0.05) is 60.7 Å². The Morgan fingerprint density at radius 2 is 1.29 bits per heavy atom. The molecule has 2 aromatic rings. The lowest BCUT2D eigenvalue weighted by atomic mass is 9.99. The molecule has 1 unspecified atom stereocenters. The molecule has 0 aliphatic carbocycles. The van der Waals surface area contributed by atoms with E-state index < -0.39 is 12.2 Å². The molecule has 0 amide bonds. The second kappa shape index (κ2) is 5.62. The van der Waals surface area contributed by atoms with Crippen LogP contribution in [-0.2, 0) is 6.42 Å². The maximum absolute atomic E-state index is 10.0. The number of rotatable bonds is 4. The lowest BCUT2D eigenvalue weighted by Crippen LogP contribution is -2.20. The van der Waals surface area contributed by atoms with E-state index >= 15 is 0 Å². The van der Waals surface area contributed by atoms with Crippen LogP contribution in [0.2, 0.25) is 0 Å². The van der Waals surface area contributed by atoms with E-state index in [9.17, 15) is 10.2 Å². The molecule has 0 saturated heterocycles. The summed E-state index contributed by atoms with van der Waals surface area (Å²) >= 11 is 0. The number of hydrogen-bond acceptors (Lipinski definition) is 2. The van der Waals surface area contributed by atoms with Gasteiger partial charge in [-0.3, -0.25) is 0 Å². The number of aliphatic hydroxyl groups excluding tert-OH is 2. The standard InChI is InChI=1S/C15H16O2/c16-14(11-12-7-3-1-4-8-12)15(17)13-9-5-2-6-10-13/h1-10,14-17H,11H2/t14-,15?/m1/s1. The van der Waals surface area contributed by atoms with Gasteiger partial charge in [0.2, 0.25) is 0 Å². The van der Waals surface area contributed by atoms with Crippen LogP contribution in [0, 0.1) is 0 Å². The van der Waals surface area contributed by atoms with E-state index in [-0.39, 0.29) is 0 Å². The van der Waals surface area contributed by atoms with Gasteiger partial charge in [-0.05, 0) is 11.1 Å². The van der Waals surface area contributed by atoms with E-state index in [1.165, 1.54) is 0 Å². The van der Waals surface area contributed by atoms with Crippen molar-refractivity contribution in [3.8, 4) is 0 Å². The molecule has 2 heteroatoms. The minimum atomic E-state index is -0.837. The van der Waals surface area contributed by atoms with Crippen molar-refractivity contribution >= 4 is 0 Å². The van der Waals surface area contributed by atoms with Crippen LogP contribution in [0.1, 0.15) is 17.2 Å². The fourth-order valence-electron chi connectivity index (χ4n) is 1.84. The van der Waals surface area contributed by atoms with Gasteiger partial charge in [0.05, 0.1) is 6.10 Å². The largest absolute Gasteiger partial charge is 0.390 e. The number of hydrogen-bond donors (Lipinski definition) is 2. The summed E-state index contributed by atoms with van der Waals surface area (Å²) in [6.07, 6.45) is -1.16. The molecule has 0 radical (unpaired) electrons. The smallest absolute Gasteiger partial charge is 0.105 e. The topological polar surface area (TPSA) is 40.5 Å². The maximum atomic E-state index is 10.0. The Hall–Kier alpha value is -1.64. The van der Waals surface area contributed by atoms with Gasteiger partial charge in [0, 0.05) is 6.42 Å². The van der Waals surface area contributed by atoms with Crippen LogP contribution < -0.4 is 0 Å². The van der Waals surface area contributed by atoms with Crippen LogP contribution in [0.25, 0.3) is 0 Å². The minimum absolute atomic E-state index is 0.455. The summed E-state index contributed by atoms with van der Waals surface area (Å²) in [6, 6.07) is 18.9. The fraction of sp³-hybridized carbons (Fsp3) is 0.200. The van der Waals surface area contributed by atoms with Crippen molar-refractivity contribution in [2.45, 2.75) is 18.6 Å². The van der Waals surface area contributed by atoms with E-state index in [1.807, 2.05) is 60.7 Å². The van der Waals surface area contributed by atoms with Gasteiger partial charge in [-0.15, -0.1) is 0 Å². The summed E-state index contributed by atoms with van der Waals surface area (Å²) in [4.78, 5) is 0. The van der Waals surface area contributed by atoms with Gasteiger partial charge >= 0.3 is 0 Å². The molecular weight excluding hydrogens is 212 g/mol. The first-order valence-electron chi connectivity index (χ1n) is 5.72. The summed E-state index contributed by atoms with van der Waals surface area (Å²) in [5.41, 5.74) is 1.77. The monoisotopic (exact) mass is 228 g/mol. The number of benzene rings is 2. The van der Waals surface area contributed by atoms with Crippen molar-refractivity contribution in [1.29, 1.82) is 0 Å².